The molecule has 8 heteroatoms. The number of fused-ring (bicyclic) bond motifs is 1. The molecule has 0 fully saturated rings. The van der Waals surface area contributed by atoms with Crippen molar-refractivity contribution in [3.63, 3.8) is 0 Å². The molecule has 0 saturated heterocycles. The van der Waals surface area contributed by atoms with E-state index in [0.717, 1.165) is 11.2 Å². The van der Waals surface area contributed by atoms with E-state index in [1.807, 2.05) is 24.6 Å². The Hall–Kier alpha value is -3.03. The molecule has 0 aliphatic heterocycles. The van der Waals surface area contributed by atoms with Gasteiger partial charge in [-0.3, -0.25) is 0 Å². The van der Waals surface area contributed by atoms with Gasteiger partial charge in [0.1, 0.15) is 18.0 Å². The molecule has 7 nitrogen and oxygen atoms in total. The zero-order valence-electron chi connectivity index (χ0n) is 18.3. The molecule has 1 aromatic heterocycles. The maximum Gasteiger partial charge on any atom is 0.407 e. The number of nitrogens with zero attached hydrogens (tertiary/aromatic N) is 1. The zero-order valence-corrected chi connectivity index (χ0v) is 18.3. The molecule has 1 N–H and O–H groups in total. The van der Waals surface area contributed by atoms with Crippen molar-refractivity contribution in [2.45, 2.75) is 40.2 Å². The second-order valence-corrected chi connectivity index (χ2v) is 7.83. The molecule has 2 aromatic rings. The first-order chi connectivity index (χ1) is 14.1. The van der Waals surface area contributed by atoms with E-state index >= 15 is 0 Å². The quantitative estimate of drug-likeness (QED) is 0.671. The summed E-state index contributed by atoms with van der Waals surface area (Å²) in [6.45, 7) is 8.99. The van der Waals surface area contributed by atoms with Crippen LogP contribution < -0.4 is 10.1 Å². The van der Waals surface area contributed by atoms with Crippen LogP contribution >= 0.6 is 0 Å². The highest BCUT2D eigenvalue weighted by Crippen LogP contribution is 2.29. The molecule has 0 bridgehead atoms. The first-order valence-electron chi connectivity index (χ1n) is 9.71. The number of ether oxygens (including phenoxy) is 3. The second-order valence-electron chi connectivity index (χ2n) is 7.83. The number of aryl methyl sites for hydroxylation is 1. The summed E-state index contributed by atoms with van der Waals surface area (Å²) >= 11 is 0. The molecule has 1 heterocycles. The highest BCUT2D eigenvalue weighted by molar-refractivity contribution is 6.06. The summed E-state index contributed by atoms with van der Waals surface area (Å²) in [5.41, 5.74) is 1.71. The van der Waals surface area contributed by atoms with Crippen molar-refractivity contribution < 1.29 is 28.2 Å². The van der Waals surface area contributed by atoms with Crippen molar-refractivity contribution in [3.8, 4) is 5.75 Å². The van der Waals surface area contributed by atoms with Crippen LogP contribution in [0.3, 0.4) is 0 Å². The fourth-order valence-corrected chi connectivity index (χ4v) is 2.90. The normalized spacial score (nSPS) is 12.0. The summed E-state index contributed by atoms with van der Waals surface area (Å²) in [7, 11) is 1.87. The van der Waals surface area contributed by atoms with E-state index in [1.165, 1.54) is 0 Å². The van der Waals surface area contributed by atoms with Crippen molar-refractivity contribution in [2.75, 3.05) is 19.8 Å². The van der Waals surface area contributed by atoms with E-state index in [-0.39, 0.29) is 25.3 Å². The number of hydrogen-bond acceptors (Lipinski definition) is 5. The Labute approximate surface area is 175 Å². The molecule has 164 valence electrons. The van der Waals surface area contributed by atoms with Crippen LogP contribution in [0, 0.1) is 6.92 Å². The van der Waals surface area contributed by atoms with Crippen LogP contribution in [0.4, 0.5) is 9.18 Å². The van der Waals surface area contributed by atoms with Crippen molar-refractivity contribution in [3.05, 3.63) is 41.4 Å². The molecule has 1 aromatic carbocycles. The average molecular weight is 420 g/mol. The van der Waals surface area contributed by atoms with E-state index in [1.54, 1.807) is 39.8 Å². The Bertz CT molecular complexity index is 957. The van der Waals surface area contributed by atoms with E-state index in [4.69, 9.17) is 14.2 Å². The monoisotopic (exact) mass is 420 g/mol. The van der Waals surface area contributed by atoms with Crippen LogP contribution in [-0.2, 0) is 16.5 Å². The number of halogens is 1. The van der Waals surface area contributed by atoms with E-state index in [0.29, 0.717) is 23.0 Å². The Morgan fingerprint density at radius 2 is 1.97 bits per heavy atom. The summed E-state index contributed by atoms with van der Waals surface area (Å²) in [4.78, 5) is 24.1. The summed E-state index contributed by atoms with van der Waals surface area (Å²) in [6.07, 6.45) is -0.241. The third kappa shape index (κ3) is 5.75. The van der Waals surface area contributed by atoms with E-state index in [2.05, 4.69) is 5.32 Å². The molecule has 2 rings (SSSR count). The number of carbonyl (C=O) groups is 2. The lowest BCUT2D eigenvalue weighted by Crippen LogP contribution is -2.34. The summed E-state index contributed by atoms with van der Waals surface area (Å²) in [5.74, 6) is 0.0684. The van der Waals surface area contributed by atoms with Crippen LogP contribution in [0.2, 0.25) is 0 Å². The minimum Gasteiger partial charge on any atom is -0.489 e. The lowest BCUT2D eigenvalue weighted by Gasteiger charge is -2.20. The summed E-state index contributed by atoms with van der Waals surface area (Å²) in [6, 6.07) is 5.30. The molecular formula is C22H29FN2O5. The molecule has 0 aliphatic carbocycles. The number of esters is 1. The number of amides is 1. The molecule has 0 spiro atoms. The number of nitrogens with one attached hydrogen (secondary N) is 1. The highest BCUT2D eigenvalue weighted by atomic mass is 19.1. The third-order valence-electron chi connectivity index (χ3n) is 4.38. The Kier molecular flexibility index (Phi) is 7.48. The van der Waals surface area contributed by atoms with E-state index < -0.39 is 17.7 Å². The van der Waals surface area contributed by atoms with Gasteiger partial charge in [-0.15, -0.1) is 0 Å². The van der Waals surface area contributed by atoms with Gasteiger partial charge in [-0.05, 0) is 52.8 Å². The number of hydrogen-bond donors (Lipinski definition) is 1. The Balaban J connectivity index is 2.11. The lowest BCUT2D eigenvalue weighted by molar-refractivity contribution is 0.0519. The third-order valence-corrected chi connectivity index (χ3v) is 4.38. The molecule has 0 saturated carbocycles. The Morgan fingerprint density at radius 1 is 1.27 bits per heavy atom. The fourth-order valence-electron chi connectivity index (χ4n) is 2.90. The van der Waals surface area contributed by atoms with Gasteiger partial charge in [0.05, 0.1) is 18.5 Å². The molecular weight excluding hydrogens is 391 g/mol. The smallest absolute Gasteiger partial charge is 0.407 e. The number of carbonyl (C=O) groups excluding carboxylic acids is 2. The van der Waals surface area contributed by atoms with Gasteiger partial charge >= 0.3 is 12.1 Å². The van der Waals surface area contributed by atoms with Crippen molar-refractivity contribution in [1.82, 2.24) is 9.88 Å². The van der Waals surface area contributed by atoms with Crippen LogP contribution in [0.5, 0.6) is 5.75 Å². The maximum absolute atomic E-state index is 13.2. The fraction of sp³-hybridized carbons (Fsp3) is 0.455. The predicted octanol–water partition coefficient (Wildman–Crippen LogP) is 4.42. The topological polar surface area (TPSA) is 78.8 Å². The molecule has 0 atom stereocenters. The maximum atomic E-state index is 13.2. The minimum atomic E-state index is -0.639. The summed E-state index contributed by atoms with van der Waals surface area (Å²) in [5, 5.41) is 3.19. The largest absolute Gasteiger partial charge is 0.489 e. The number of benzene rings is 1. The first kappa shape index (κ1) is 23.3. The van der Waals surface area contributed by atoms with E-state index in [9.17, 15) is 14.0 Å². The SMILES string of the molecule is CCOC(=O)c1c(C)n(C)c2ccc(OC/C(=C/F)CNC(=O)OC(C)(C)C)cc12. The van der Waals surface area contributed by atoms with Crippen molar-refractivity contribution >= 4 is 23.0 Å². The molecule has 0 aliphatic rings. The number of alkyl carbamates (subject to hydrolysis) is 1. The van der Waals surface area contributed by atoms with Gasteiger partial charge in [0.25, 0.3) is 0 Å². The average Bonchev–Trinajstić information content (AvgIpc) is 2.91. The molecule has 0 unspecified atom stereocenters. The number of rotatable bonds is 7. The Morgan fingerprint density at radius 3 is 2.57 bits per heavy atom. The molecule has 0 radical (unpaired) electrons. The highest BCUT2D eigenvalue weighted by Gasteiger charge is 2.20. The van der Waals surface area contributed by atoms with Crippen LogP contribution in [0.25, 0.3) is 10.9 Å². The van der Waals surface area contributed by atoms with Gasteiger partial charge in [0.15, 0.2) is 0 Å². The predicted molar refractivity (Wildman–Crippen MR) is 113 cm³/mol. The van der Waals surface area contributed by atoms with Crippen LogP contribution in [-0.4, -0.2) is 42.0 Å². The second kappa shape index (κ2) is 9.65. The van der Waals surface area contributed by atoms with Crippen molar-refractivity contribution in [2.24, 2.45) is 7.05 Å². The molecule has 30 heavy (non-hydrogen) atoms. The number of aromatic nitrogens is 1. The van der Waals surface area contributed by atoms with Gasteiger partial charge < -0.3 is 24.1 Å². The van der Waals surface area contributed by atoms with Crippen molar-refractivity contribution in [1.29, 1.82) is 0 Å². The standard InChI is InChI=1S/C22H29FN2O5/c1-7-28-20(26)19-14(2)25(6)18-9-8-16(10-17(18)19)29-13-15(11-23)12-24-21(27)30-22(3,4)5/h8-11H,7,12-13H2,1-6H3,(H,24,27)/b15-11+. The van der Waals surface area contributed by atoms with Gasteiger partial charge in [-0.1, -0.05) is 0 Å². The van der Waals surface area contributed by atoms with Gasteiger partial charge in [0, 0.05) is 35.8 Å². The van der Waals surface area contributed by atoms with Gasteiger partial charge in [-0.2, -0.15) is 0 Å². The van der Waals surface area contributed by atoms with Crippen LogP contribution in [0.15, 0.2) is 30.1 Å². The zero-order chi connectivity index (χ0) is 22.5. The summed E-state index contributed by atoms with van der Waals surface area (Å²) < 4.78 is 31.1. The van der Waals surface area contributed by atoms with Gasteiger partial charge in [0.2, 0.25) is 0 Å². The van der Waals surface area contributed by atoms with Crippen LogP contribution in [0.1, 0.15) is 43.7 Å². The van der Waals surface area contributed by atoms with Gasteiger partial charge in [-0.25, -0.2) is 14.0 Å². The minimum absolute atomic E-state index is 0.0494. The first-order valence-corrected chi connectivity index (χ1v) is 9.71. The molecule has 1 amide bonds. The lowest BCUT2D eigenvalue weighted by atomic mass is 10.1.